The lowest BCUT2D eigenvalue weighted by Crippen LogP contribution is -2.31. The lowest BCUT2D eigenvalue weighted by Gasteiger charge is -2.06. The number of rotatable bonds is 5. The normalized spacial score (nSPS) is 10.6. The molecule has 0 aliphatic carbocycles. The van der Waals surface area contributed by atoms with E-state index in [1.807, 2.05) is 0 Å². The van der Waals surface area contributed by atoms with Crippen molar-refractivity contribution >= 4 is 5.91 Å². The molecular weight excluding hydrogens is 325 g/mol. The quantitative estimate of drug-likeness (QED) is 0.736. The van der Waals surface area contributed by atoms with Crippen LogP contribution in [0.2, 0.25) is 0 Å². The average Bonchev–Trinajstić information content (AvgIpc) is 3.09. The first kappa shape index (κ1) is 16.6. The van der Waals surface area contributed by atoms with Crippen molar-refractivity contribution in [1.29, 1.82) is 0 Å². The number of halogens is 1. The van der Waals surface area contributed by atoms with Gasteiger partial charge in [0.15, 0.2) is 0 Å². The first-order chi connectivity index (χ1) is 12.0. The third-order valence-corrected chi connectivity index (χ3v) is 3.67. The van der Waals surface area contributed by atoms with E-state index in [2.05, 4.69) is 20.5 Å². The number of aromatic nitrogens is 4. The number of nitrogens with zero attached hydrogens (tertiary/aromatic N) is 3. The van der Waals surface area contributed by atoms with Gasteiger partial charge in [-0.3, -0.25) is 19.3 Å². The SMILES string of the molecule is Cc1cncn(CCNC(=O)c2cc(-c3ccc(F)cc3)n[nH]2)c1=O. The number of benzene rings is 1. The standard InChI is InChI=1S/C17H16FN5O2/c1-11-9-19-10-23(17(11)25)7-6-20-16(24)15-8-14(21-22-15)12-2-4-13(18)5-3-12/h2-5,8-10H,6-7H2,1H3,(H,20,24)(H,21,22). The van der Waals surface area contributed by atoms with E-state index in [9.17, 15) is 14.0 Å². The van der Waals surface area contributed by atoms with Gasteiger partial charge in [0.25, 0.3) is 11.5 Å². The molecule has 0 saturated heterocycles. The van der Waals surface area contributed by atoms with Gasteiger partial charge < -0.3 is 5.32 Å². The Morgan fingerprint density at radius 3 is 2.84 bits per heavy atom. The molecule has 7 nitrogen and oxygen atoms in total. The Hall–Kier alpha value is -3.29. The number of carbonyl (C=O) groups excluding carboxylic acids is 1. The maximum absolute atomic E-state index is 12.9. The molecule has 128 valence electrons. The lowest BCUT2D eigenvalue weighted by molar-refractivity contribution is 0.0947. The van der Waals surface area contributed by atoms with Crippen LogP contribution in [0.3, 0.4) is 0 Å². The monoisotopic (exact) mass is 341 g/mol. The smallest absolute Gasteiger partial charge is 0.269 e. The molecule has 2 heterocycles. The van der Waals surface area contributed by atoms with E-state index in [4.69, 9.17) is 0 Å². The van der Waals surface area contributed by atoms with Gasteiger partial charge in [-0.2, -0.15) is 5.10 Å². The van der Waals surface area contributed by atoms with E-state index in [1.54, 1.807) is 25.1 Å². The van der Waals surface area contributed by atoms with Crippen LogP contribution in [-0.4, -0.2) is 32.2 Å². The minimum atomic E-state index is -0.338. The third kappa shape index (κ3) is 3.79. The summed E-state index contributed by atoms with van der Waals surface area (Å²) in [6.45, 7) is 2.28. The van der Waals surface area contributed by atoms with Crippen LogP contribution in [0.1, 0.15) is 16.1 Å². The molecule has 0 unspecified atom stereocenters. The zero-order chi connectivity index (χ0) is 17.8. The van der Waals surface area contributed by atoms with Crippen molar-refractivity contribution in [2.45, 2.75) is 13.5 Å². The number of hydrogen-bond donors (Lipinski definition) is 2. The number of nitrogens with one attached hydrogen (secondary N) is 2. The van der Waals surface area contributed by atoms with Crippen LogP contribution in [-0.2, 0) is 6.54 Å². The summed E-state index contributed by atoms with van der Waals surface area (Å²) < 4.78 is 14.4. The highest BCUT2D eigenvalue weighted by Gasteiger charge is 2.11. The van der Waals surface area contributed by atoms with E-state index in [0.29, 0.717) is 23.4 Å². The summed E-state index contributed by atoms with van der Waals surface area (Å²) in [5.74, 6) is -0.673. The van der Waals surface area contributed by atoms with Gasteiger partial charge in [0.1, 0.15) is 11.5 Å². The van der Waals surface area contributed by atoms with E-state index >= 15 is 0 Å². The summed E-state index contributed by atoms with van der Waals surface area (Å²) in [5.41, 5.74) is 1.95. The number of aromatic amines is 1. The van der Waals surface area contributed by atoms with E-state index in [1.165, 1.54) is 29.2 Å². The molecule has 0 fully saturated rings. The predicted molar refractivity (Wildman–Crippen MR) is 89.5 cm³/mol. The molecule has 3 rings (SSSR count). The summed E-state index contributed by atoms with van der Waals surface area (Å²) in [4.78, 5) is 28.0. The summed E-state index contributed by atoms with van der Waals surface area (Å²) in [6.07, 6.45) is 2.93. The third-order valence-electron chi connectivity index (χ3n) is 3.67. The number of aryl methyl sites for hydroxylation is 1. The maximum Gasteiger partial charge on any atom is 0.269 e. The van der Waals surface area contributed by atoms with Crippen LogP contribution in [0.4, 0.5) is 4.39 Å². The fourth-order valence-electron chi connectivity index (χ4n) is 2.31. The Bertz CT molecular complexity index is 946. The molecule has 0 aliphatic heterocycles. The summed E-state index contributed by atoms with van der Waals surface area (Å²) in [5, 5.41) is 9.42. The maximum atomic E-state index is 12.9. The van der Waals surface area contributed by atoms with Gasteiger partial charge in [0.2, 0.25) is 0 Å². The molecule has 3 aromatic rings. The average molecular weight is 341 g/mol. The molecular formula is C17H16FN5O2. The van der Waals surface area contributed by atoms with Gasteiger partial charge in [-0.1, -0.05) is 0 Å². The molecule has 2 aromatic heterocycles. The van der Waals surface area contributed by atoms with Crippen LogP contribution < -0.4 is 10.9 Å². The molecule has 25 heavy (non-hydrogen) atoms. The molecule has 8 heteroatoms. The summed E-state index contributed by atoms with van der Waals surface area (Å²) in [7, 11) is 0. The minimum Gasteiger partial charge on any atom is -0.349 e. The van der Waals surface area contributed by atoms with Gasteiger partial charge in [0, 0.05) is 30.4 Å². The lowest BCUT2D eigenvalue weighted by atomic mass is 10.1. The number of hydrogen-bond acceptors (Lipinski definition) is 4. The highest BCUT2D eigenvalue weighted by molar-refractivity contribution is 5.93. The van der Waals surface area contributed by atoms with Crippen molar-refractivity contribution in [2.24, 2.45) is 0 Å². The van der Waals surface area contributed by atoms with Crippen molar-refractivity contribution in [1.82, 2.24) is 25.1 Å². The molecule has 0 aliphatic rings. The van der Waals surface area contributed by atoms with Crippen LogP contribution >= 0.6 is 0 Å². The Morgan fingerprint density at radius 1 is 1.32 bits per heavy atom. The molecule has 1 aromatic carbocycles. The van der Waals surface area contributed by atoms with Crippen LogP contribution in [0, 0.1) is 12.7 Å². The molecule has 0 bridgehead atoms. The summed E-state index contributed by atoms with van der Waals surface area (Å²) >= 11 is 0. The second-order valence-electron chi connectivity index (χ2n) is 5.50. The Labute approximate surface area is 142 Å². The fraction of sp³-hybridized carbons (Fsp3) is 0.176. The van der Waals surface area contributed by atoms with Gasteiger partial charge in [0.05, 0.1) is 12.0 Å². The van der Waals surface area contributed by atoms with Gasteiger partial charge in [-0.25, -0.2) is 9.37 Å². The van der Waals surface area contributed by atoms with E-state index in [-0.39, 0.29) is 29.5 Å². The molecule has 2 N–H and O–H groups in total. The zero-order valence-corrected chi connectivity index (χ0v) is 13.5. The minimum absolute atomic E-state index is 0.135. The molecule has 1 amide bonds. The number of amides is 1. The van der Waals surface area contributed by atoms with Crippen molar-refractivity contribution < 1.29 is 9.18 Å². The largest absolute Gasteiger partial charge is 0.349 e. The van der Waals surface area contributed by atoms with Crippen molar-refractivity contribution in [3.05, 3.63) is 70.3 Å². The molecule has 0 radical (unpaired) electrons. The van der Waals surface area contributed by atoms with E-state index < -0.39 is 0 Å². The van der Waals surface area contributed by atoms with Crippen molar-refractivity contribution in [2.75, 3.05) is 6.54 Å². The van der Waals surface area contributed by atoms with E-state index in [0.717, 1.165) is 0 Å². The summed E-state index contributed by atoms with van der Waals surface area (Å²) in [6, 6.07) is 7.42. The molecule has 0 saturated carbocycles. The Morgan fingerprint density at radius 2 is 2.08 bits per heavy atom. The van der Waals surface area contributed by atoms with Gasteiger partial charge >= 0.3 is 0 Å². The van der Waals surface area contributed by atoms with Crippen molar-refractivity contribution in [3.8, 4) is 11.3 Å². The predicted octanol–water partition coefficient (Wildman–Crippen LogP) is 1.51. The van der Waals surface area contributed by atoms with Crippen LogP contribution in [0.5, 0.6) is 0 Å². The molecule has 0 spiro atoms. The van der Waals surface area contributed by atoms with Gasteiger partial charge in [-0.05, 0) is 37.3 Å². The highest BCUT2D eigenvalue weighted by Crippen LogP contribution is 2.17. The Balaban J connectivity index is 1.61. The molecule has 0 atom stereocenters. The van der Waals surface area contributed by atoms with Gasteiger partial charge in [-0.15, -0.1) is 0 Å². The zero-order valence-electron chi connectivity index (χ0n) is 13.5. The second kappa shape index (κ2) is 7.08. The van der Waals surface area contributed by atoms with Crippen LogP contribution in [0.25, 0.3) is 11.3 Å². The second-order valence-corrected chi connectivity index (χ2v) is 5.50. The first-order valence-corrected chi connectivity index (χ1v) is 7.65. The number of carbonyl (C=O) groups is 1. The highest BCUT2D eigenvalue weighted by atomic mass is 19.1. The first-order valence-electron chi connectivity index (χ1n) is 7.65. The van der Waals surface area contributed by atoms with Crippen molar-refractivity contribution in [3.63, 3.8) is 0 Å². The topological polar surface area (TPSA) is 92.7 Å². The number of H-pyrrole nitrogens is 1. The Kier molecular flexibility index (Phi) is 4.69. The van der Waals surface area contributed by atoms with Crippen LogP contribution in [0.15, 0.2) is 47.7 Å². The fourth-order valence-corrected chi connectivity index (χ4v) is 2.31.